The Morgan fingerprint density at radius 3 is 2.76 bits per heavy atom. The van der Waals surface area contributed by atoms with Gasteiger partial charge in [-0.1, -0.05) is 19.1 Å². The summed E-state index contributed by atoms with van der Waals surface area (Å²) in [4.78, 5) is 19.1. The van der Waals surface area contributed by atoms with Crippen molar-refractivity contribution in [3.05, 3.63) is 36.0 Å². The molecule has 1 saturated heterocycles. The number of pyridine rings is 1. The van der Waals surface area contributed by atoms with Gasteiger partial charge in [0.1, 0.15) is 10.9 Å². The third kappa shape index (κ3) is 5.12. The second-order valence-electron chi connectivity index (χ2n) is 7.89. The van der Waals surface area contributed by atoms with Crippen LogP contribution in [0.15, 0.2) is 35.4 Å². The fraction of sp³-hybridized carbons (Fsp3) is 0.524. The number of carbonyl (C=O) groups excluding carboxylic acids is 1. The van der Waals surface area contributed by atoms with E-state index in [1.54, 1.807) is 17.2 Å². The van der Waals surface area contributed by atoms with Crippen LogP contribution in [0.25, 0.3) is 10.9 Å². The summed E-state index contributed by atoms with van der Waals surface area (Å²) in [6.07, 6.45) is 4.05. The van der Waals surface area contributed by atoms with E-state index < -0.39 is 16.1 Å². The molecule has 2 heterocycles. The van der Waals surface area contributed by atoms with Crippen molar-refractivity contribution in [1.82, 2.24) is 14.6 Å². The first-order chi connectivity index (χ1) is 13.8. The van der Waals surface area contributed by atoms with Crippen LogP contribution in [-0.2, 0) is 14.8 Å². The molecular weight excluding hydrogens is 390 g/mol. The fourth-order valence-corrected chi connectivity index (χ4v) is 5.09. The molecule has 1 fully saturated rings. The summed E-state index contributed by atoms with van der Waals surface area (Å²) in [5.74, 6) is 0.342. The van der Waals surface area contributed by atoms with E-state index in [9.17, 15) is 18.3 Å². The Morgan fingerprint density at radius 2 is 2.07 bits per heavy atom. The maximum atomic E-state index is 13.2. The van der Waals surface area contributed by atoms with E-state index in [1.807, 2.05) is 19.1 Å². The van der Waals surface area contributed by atoms with Crippen molar-refractivity contribution in [3.63, 3.8) is 0 Å². The van der Waals surface area contributed by atoms with Crippen LogP contribution in [0.1, 0.15) is 38.2 Å². The van der Waals surface area contributed by atoms with Gasteiger partial charge in [-0.2, -0.15) is 4.72 Å². The van der Waals surface area contributed by atoms with Gasteiger partial charge in [0.2, 0.25) is 15.9 Å². The molecule has 1 aliphatic heterocycles. The Hall–Kier alpha value is -2.03. The number of hydrogen-bond acceptors (Lipinski definition) is 5. The summed E-state index contributed by atoms with van der Waals surface area (Å²) >= 11 is 0. The number of aliphatic hydroxyl groups excluding tert-OH is 1. The first kappa shape index (κ1) is 21.7. The number of benzene rings is 1. The minimum absolute atomic E-state index is 0.0593. The Morgan fingerprint density at radius 1 is 1.34 bits per heavy atom. The van der Waals surface area contributed by atoms with Gasteiger partial charge in [-0.3, -0.25) is 9.78 Å². The van der Waals surface area contributed by atoms with E-state index >= 15 is 0 Å². The van der Waals surface area contributed by atoms with Crippen molar-refractivity contribution in [2.24, 2.45) is 5.92 Å². The summed E-state index contributed by atoms with van der Waals surface area (Å²) in [5.41, 5.74) is 1.32. The van der Waals surface area contributed by atoms with Crippen LogP contribution in [0.4, 0.5) is 0 Å². The lowest BCUT2D eigenvalue weighted by Crippen LogP contribution is -2.50. The average Bonchev–Trinajstić information content (AvgIpc) is 2.70. The second-order valence-corrected chi connectivity index (χ2v) is 9.57. The highest BCUT2D eigenvalue weighted by molar-refractivity contribution is 7.89. The lowest BCUT2D eigenvalue weighted by molar-refractivity contribution is -0.134. The zero-order valence-corrected chi connectivity index (χ0v) is 17.8. The number of nitrogens with zero attached hydrogens (tertiary/aromatic N) is 2. The van der Waals surface area contributed by atoms with Gasteiger partial charge >= 0.3 is 0 Å². The molecule has 0 aliphatic carbocycles. The number of nitrogens with one attached hydrogen (secondary N) is 1. The first-order valence-electron chi connectivity index (χ1n) is 10.1. The quantitative estimate of drug-likeness (QED) is 0.717. The normalized spacial score (nSPS) is 16.9. The number of rotatable bonds is 7. The van der Waals surface area contributed by atoms with E-state index in [4.69, 9.17) is 0 Å². The van der Waals surface area contributed by atoms with Crippen molar-refractivity contribution in [2.75, 3.05) is 19.7 Å². The number of hydrogen-bond donors (Lipinski definition) is 2. The molecular formula is C21H29N3O4S. The standard InChI is InChI=1S/C21H29N3O4S/c1-15-8-10-24(11-9-15)21(26)18(6-4-12-25)23-29(27,28)19-7-3-5-17-13-16(2)14-22-20(17)19/h3,5,7,13-15,18,23,25H,4,6,8-12H2,1-2H3/t18-/m0/s1. The average molecular weight is 420 g/mol. The molecule has 2 aromatic rings. The molecule has 3 rings (SSSR count). The number of amides is 1. The van der Waals surface area contributed by atoms with E-state index in [-0.39, 0.29) is 23.8 Å². The number of aryl methyl sites for hydroxylation is 1. The molecule has 0 radical (unpaired) electrons. The molecule has 1 aliphatic rings. The number of carbonyl (C=O) groups is 1. The lowest BCUT2D eigenvalue weighted by Gasteiger charge is -2.33. The van der Waals surface area contributed by atoms with Gasteiger partial charge < -0.3 is 10.0 Å². The summed E-state index contributed by atoms with van der Waals surface area (Å²) in [6, 6.07) is 5.97. The van der Waals surface area contributed by atoms with E-state index in [2.05, 4.69) is 16.6 Å². The highest BCUT2D eigenvalue weighted by Crippen LogP contribution is 2.23. The zero-order chi connectivity index (χ0) is 21.0. The van der Waals surface area contributed by atoms with Gasteiger partial charge in [-0.25, -0.2) is 8.42 Å². The second kappa shape index (κ2) is 9.19. The fourth-order valence-electron chi connectivity index (χ4n) is 3.69. The summed E-state index contributed by atoms with van der Waals surface area (Å²) in [6.45, 7) is 5.22. The molecule has 0 unspecified atom stereocenters. The molecule has 1 aromatic carbocycles. The number of para-hydroxylation sites is 1. The van der Waals surface area contributed by atoms with Crippen molar-refractivity contribution in [2.45, 2.75) is 50.5 Å². The molecule has 1 atom stereocenters. The van der Waals surface area contributed by atoms with E-state index in [1.165, 1.54) is 6.07 Å². The van der Waals surface area contributed by atoms with Crippen LogP contribution in [0.2, 0.25) is 0 Å². The molecule has 1 aromatic heterocycles. The summed E-state index contributed by atoms with van der Waals surface area (Å²) in [5, 5.41) is 9.95. The number of likely N-dealkylation sites (tertiary alicyclic amines) is 1. The van der Waals surface area contributed by atoms with Gasteiger partial charge in [0.25, 0.3) is 0 Å². The number of fused-ring (bicyclic) bond motifs is 1. The predicted octanol–water partition coefficient (Wildman–Crippen LogP) is 2.22. The summed E-state index contributed by atoms with van der Waals surface area (Å²) < 4.78 is 28.9. The Balaban J connectivity index is 1.87. The Kier molecular flexibility index (Phi) is 6.87. The Labute approximate surface area is 172 Å². The van der Waals surface area contributed by atoms with Crippen LogP contribution >= 0.6 is 0 Å². The molecule has 7 nitrogen and oxygen atoms in total. The first-order valence-corrected chi connectivity index (χ1v) is 11.6. The van der Waals surface area contributed by atoms with Crippen LogP contribution in [0.5, 0.6) is 0 Å². The molecule has 0 bridgehead atoms. The molecule has 0 saturated carbocycles. The van der Waals surface area contributed by atoms with Gasteiger partial charge in [-0.15, -0.1) is 0 Å². The van der Waals surface area contributed by atoms with Crippen LogP contribution in [-0.4, -0.2) is 55.1 Å². The molecule has 8 heteroatoms. The smallest absolute Gasteiger partial charge is 0.243 e. The minimum Gasteiger partial charge on any atom is -0.396 e. The SMILES string of the molecule is Cc1cnc2c(S(=O)(=O)N[C@@H](CCCO)C(=O)N3CCC(C)CC3)cccc2c1. The maximum Gasteiger partial charge on any atom is 0.243 e. The highest BCUT2D eigenvalue weighted by Gasteiger charge is 2.31. The molecule has 0 spiro atoms. The predicted molar refractivity (Wildman–Crippen MR) is 112 cm³/mol. The van der Waals surface area contributed by atoms with Gasteiger partial charge in [-0.05, 0) is 56.2 Å². The highest BCUT2D eigenvalue weighted by atomic mass is 32.2. The third-order valence-corrected chi connectivity index (χ3v) is 6.95. The number of piperidine rings is 1. The van der Waals surface area contributed by atoms with Crippen LogP contribution in [0, 0.1) is 12.8 Å². The zero-order valence-electron chi connectivity index (χ0n) is 17.0. The summed E-state index contributed by atoms with van der Waals surface area (Å²) in [7, 11) is -3.97. The van der Waals surface area contributed by atoms with E-state index in [0.29, 0.717) is 30.9 Å². The third-order valence-electron chi connectivity index (χ3n) is 5.44. The van der Waals surface area contributed by atoms with Gasteiger partial charge in [0.15, 0.2) is 0 Å². The number of aliphatic hydroxyl groups is 1. The topological polar surface area (TPSA) is 99.6 Å². The number of sulfonamides is 1. The largest absolute Gasteiger partial charge is 0.396 e. The lowest BCUT2D eigenvalue weighted by atomic mass is 9.98. The van der Waals surface area contributed by atoms with Crippen LogP contribution in [0.3, 0.4) is 0 Å². The monoisotopic (exact) mass is 419 g/mol. The van der Waals surface area contributed by atoms with Gasteiger partial charge in [0, 0.05) is 31.3 Å². The minimum atomic E-state index is -3.97. The van der Waals surface area contributed by atoms with Crippen molar-refractivity contribution < 1.29 is 18.3 Å². The maximum absolute atomic E-state index is 13.2. The molecule has 29 heavy (non-hydrogen) atoms. The Bertz CT molecular complexity index is 969. The van der Waals surface area contributed by atoms with Crippen molar-refractivity contribution in [1.29, 1.82) is 0 Å². The number of aromatic nitrogens is 1. The van der Waals surface area contributed by atoms with Crippen molar-refractivity contribution >= 4 is 26.8 Å². The van der Waals surface area contributed by atoms with E-state index in [0.717, 1.165) is 23.8 Å². The van der Waals surface area contributed by atoms with Crippen molar-refractivity contribution in [3.8, 4) is 0 Å². The molecule has 2 N–H and O–H groups in total. The van der Waals surface area contributed by atoms with Crippen LogP contribution < -0.4 is 4.72 Å². The van der Waals surface area contributed by atoms with Gasteiger partial charge in [0.05, 0.1) is 5.52 Å². The molecule has 158 valence electrons. The molecule has 1 amide bonds.